The summed E-state index contributed by atoms with van der Waals surface area (Å²) in [5.41, 5.74) is 9.71. The van der Waals surface area contributed by atoms with Crippen LogP contribution in [0, 0.1) is 0 Å². The zero-order valence-electron chi connectivity index (χ0n) is 15.0. The molecule has 9 nitrogen and oxygen atoms in total. The van der Waals surface area contributed by atoms with Crippen LogP contribution in [-0.2, 0) is 9.53 Å². The highest BCUT2D eigenvalue weighted by atomic mass is 16.5. The lowest BCUT2D eigenvalue weighted by Gasteiger charge is -2.27. The molecule has 1 saturated heterocycles. The summed E-state index contributed by atoms with van der Waals surface area (Å²) in [5, 5.41) is 16.6. The minimum atomic E-state index is -0.812. The van der Waals surface area contributed by atoms with Gasteiger partial charge in [-0.1, -0.05) is 0 Å². The van der Waals surface area contributed by atoms with E-state index < -0.39 is 12.0 Å². The van der Waals surface area contributed by atoms with E-state index in [0.717, 1.165) is 23.3 Å². The van der Waals surface area contributed by atoms with Crippen molar-refractivity contribution in [3.05, 3.63) is 29.6 Å². The number of carbonyl (C=O) groups is 1. The molecule has 2 aliphatic heterocycles. The van der Waals surface area contributed by atoms with Crippen molar-refractivity contribution in [2.24, 2.45) is 4.99 Å². The molecule has 3 unspecified atom stereocenters. The summed E-state index contributed by atoms with van der Waals surface area (Å²) in [7, 11) is 1.63. The van der Waals surface area contributed by atoms with Crippen LogP contribution in [0.3, 0.4) is 0 Å². The quantitative estimate of drug-likeness (QED) is 0.734. The SMILES string of the molecule is COC1CC(c2cnn3c(N)cc(C4CCC(C(=O)O)NC4)nc23)=CC=N1. The zero-order chi connectivity index (χ0) is 19.0. The van der Waals surface area contributed by atoms with E-state index in [-0.39, 0.29) is 12.1 Å². The van der Waals surface area contributed by atoms with Crippen molar-refractivity contribution in [3.63, 3.8) is 0 Å². The van der Waals surface area contributed by atoms with Gasteiger partial charge in [0.15, 0.2) is 11.9 Å². The molecule has 0 spiro atoms. The summed E-state index contributed by atoms with van der Waals surface area (Å²) in [4.78, 5) is 20.2. The average molecular weight is 370 g/mol. The van der Waals surface area contributed by atoms with E-state index in [0.29, 0.717) is 30.9 Å². The number of nitrogens with one attached hydrogen (secondary N) is 1. The number of aliphatic imine (C=N–C) groups is 1. The Balaban J connectivity index is 1.66. The maximum Gasteiger partial charge on any atom is 0.320 e. The predicted octanol–water partition coefficient (Wildman–Crippen LogP) is 1.06. The summed E-state index contributed by atoms with van der Waals surface area (Å²) < 4.78 is 6.96. The van der Waals surface area contributed by atoms with Crippen molar-refractivity contribution in [2.45, 2.75) is 37.5 Å². The number of rotatable bonds is 4. The van der Waals surface area contributed by atoms with E-state index in [1.54, 1.807) is 24.0 Å². The number of aliphatic carboxylic acids is 1. The van der Waals surface area contributed by atoms with Crippen molar-refractivity contribution < 1.29 is 14.6 Å². The third-order valence-corrected chi connectivity index (χ3v) is 5.19. The second kappa shape index (κ2) is 7.09. The fourth-order valence-electron chi connectivity index (χ4n) is 3.64. The highest BCUT2D eigenvalue weighted by Crippen LogP contribution is 2.30. The van der Waals surface area contributed by atoms with Gasteiger partial charge in [-0.05, 0) is 24.5 Å². The Morgan fingerprint density at radius 2 is 2.30 bits per heavy atom. The number of hydrogen-bond donors (Lipinski definition) is 3. The highest BCUT2D eigenvalue weighted by Gasteiger charge is 2.28. The van der Waals surface area contributed by atoms with Gasteiger partial charge in [-0.15, -0.1) is 0 Å². The lowest BCUT2D eigenvalue weighted by Crippen LogP contribution is -2.43. The van der Waals surface area contributed by atoms with Crippen molar-refractivity contribution in [1.82, 2.24) is 19.9 Å². The fraction of sp³-hybridized carbons (Fsp3) is 0.444. The first-order valence-electron chi connectivity index (χ1n) is 8.92. The monoisotopic (exact) mass is 370 g/mol. The number of hydrogen-bond acceptors (Lipinski definition) is 7. The minimum Gasteiger partial charge on any atom is -0.480 e. The van der Waals surface area contributed by atoms with E-state index in [4.69, 9.17) is 20.6 Å². The lowest BCUT2D eigenvalue weighted by molar-refractivity contribution is -0.140. The number of ether oxygens (including phenoxy) is 1. The van der Waals surface area contributed by atoms with Crippen LogP contribution in [0.25, 0.3) is 11.2 Å². The molecule has 0 bridgehead atoms. The normalized spacial score (nSPS) is 25.5. The van der Waals surface area contributed by atoms with Crippen LogP contribution >= 0.6 is 0 Å². The van der Waals surface area contributed by atoms with Gasteiger partial charge < -0.3 is 20.9 Å². The summed E-state index contributed by atoms with van der Waals surface area (Å²) in [5.74, 6) is -0.188. The summed E-state index contributed by atoms with van der Waals surface area (Å²) in [6.07, 6.45) is 7.19. The standard InChI is InChI=1S/C18H22N6O3/c1-27-16-6-10(4-5-20-16)12-9-22-24-15(19)7-14(23-17(12)24)11-2-3-13(18(25)26)21-8-11/h4-5,7,9,11,13,16,21H,2-3,6,8,19H2,1H3,(H,25,26). The molecule has 2 aromatic heterocycles. The summed E-state index contributed by atoms with van der Waals surface area (Å²) in [6.45, 7) is 0.560. The number of anilines is 1. The van der Waals surface area contributed by atoms with E-state index in [1.165, 1.54) is 0 Å². The van der Waals surface area contributed by atoms with Crippen molar-refractivity contribution >= 4 is 29.2 Å². The van der Waals surface area contributed by atoms with Gasteiger partial charge in [-0.3, -0.25) is 9.79 Å². The van der Waals surface area contributed by atoms with Gasteiger partial charge in [0.1, 0.15) is 11.9 Å². The molecule has 142 valence electrons. The second-order valence-corrected chi connectivity index (χ2v) is 6.86. The van der Waals surface area contributed by atoms with Gasteiger partial charge in [-0.2, -0.15) is 9.61 Å². The first-order chi connectivity index (χ1) is 13.1. The molecule has 0 aliphatic carbocycles. The van der Waals surface area contributed by atoms with Gasteiger partial charge in [0.05, 0.1) is 11.9 Å². The van der Waals surface area contributed by atoms with Gasteiger partial charge in [0.25, 0.3) is 0 Å². The highest BCUT2D eigenvalue weighted by molar-refractivity contribution is 5.89. The fourth-order valence-corrected chi connectivity index (χ4v) is 3.64. The maximum atomic E-state index is 11.1. The molecule has 4 rings (SSSR count). The molecule has 4 N–H and O–H groups in total. The number of carboxylic acids is 1. The number of nitrogens with zero attached hydrogens (tertiary/aromatic N) is 4. The van der Waals surface area contributed by atoms with Crippen LogP contribution in [0.5, 0.6) is 0 Å². The van der Waals surface area contributed by atoms with Crippen molar-refractivity contribution in [1.29, 1.82) is 0 Å². The Morgan fingerprint density at radius 3 is 3.00 bits per heavy atom. The molecular formula is C18H22N6O3. The Labute approximate surface area is 155 Å². The van der Waals surface area contributed by atoms with Crippen LogP contribution in [0.2, 0.25) is 0 Å². The van der Waals surface area contributed by atoms with Crippen LogP contribution in [0.1, 0.15) is 36.4 Å². The second-order valence-electron chi connectivity index (χ2n) is 6.86. The summed E-state index contributed by atoms with van der Waals surface area (Å²) >= 11 is 0. The Hall–Kier alpha value is -2.78. The van der Waals surface area contributed by atoms with E-state index in [9.17, 15) is 4.79 Å². The third kappa shape index (κ3) is 3.31. The van der Waals surface area contributed by atoms with E-state index in [2.05, 4.69) is 15.4 Å². The van der Waals surface area contributed by atoms with Crippen molar-refractivity contribution in [2.75, 3.05) is 19.4 Å². The molecule has 0 radical (unpaired) electrons. The molecule has 27 heavy (non-hydrogen) atoms. The van der Waals surface area contributed by atoms with E-state index in [1.807, 2.05) is 12.1 Å². The molecule has 0 aromatic carbocycles. The number of nitrogen functional groups attached to an aromatic ring is 1. The Kier molecular flexibility index (Phi) is 4.63. The molecule has 3 atom stereocenters. The number of dihydropyridines is 1. The predicted molar refractivity (Wildman–Crippen MR) is 101 cm³/mol. The van der Waals surface area contributed by atoms with Gasteiger partial charge in [-0.25, -0.2) is 4.98 Å². The van der Waals surface area contributed by atoms with Crippen LogP contribution in [0.4, 0.5) is 5.82 Å². The molecule has 9 heteroatoms. The molecule has 2 aliphatic rings. The van der Waals surface area contributed by atoms with Gasteiger partial charge in [0, 0.05) is 43.8 Å². The number of methoxy groups -OCH3 is 1. The van der Waals surface area contributed by atoms with Gasteiger partial charge >= 0.3 is 5.97 Å². The number of carboxylic acid groups (broad SMARTS) is 1. The molecule has 4 heterocycles. The first-order valence-corrected chi connectivity index (χ1v) is 8.92. The molecule has 0 saturated carbocycles. The molecule has 1 fully saturated rings. The molecular weight excluding hydrogens is 348 g/mol. The minimum absolute atomic E-state index is 0.115. The van der Waals surface area contributed by atoms with Gasteiger partial charge in [0.2, 0.25) is 0 Å². The Morgan fingerprint density at radius 1 is 1.44 bits per heavy atom. The number of allylic oxidation sites excluding steroid dienone is 1. The summed E-state index contributed by atoms with van der Waals surface area (Å²) in [6, 6.07) is 1.33. The van der Waals surface area contributed by atoms with Crippen LogP contribution in [-0.4, -0.2) is 57.8 Å². The number of nitrogens with two attached hydrogens (primary N) is 1. The molecule has 2 aromatic rings. The Bertz CT molecular complexity index is 927. The average Bonchev–Trinajstić information content (AvgIpc) is 3.12. The zero-order valence-corrected chi connectivity index (χ0v) is 15.0. The first kappa shape index (κ1) is 17.6. The van der Waals surface area contributed by atoms with Crippen LogP contribution < -0.4 is 11.1 Å². The maximum absolute atomic E-state index is 11.1. The van der Waals surface area contributed by atoms with Crippen molar-refractivity contribution in [3.8, 4) is 0 Å². The third-order valence-electron chi connectivity index (χ3n) is 5.19. The van der Waals surface area contributed by atoms with E-state index >= 15 is 0 Å². The number of piperidine rings is 1. The molecule has 0 amide bonds. The number of aromatic nitrogens is 3. The topological polar surface area (TPSA) is 127 Å². The number of fused-ring (bicyclic) bond motifs is 1. The van der Waals surface area contributed by atoms with Crippen LogP contribution in [0.15, 0.2) is 23.3 Å². The smallest absolute Gasteiger partial charge is 0.320 e. The lowest BCUT2D eigenvalue weighted by atomic mass is 9.92. The largest absolute Gasteiger partial charge is 0.480 e.